The van der Waals surface area contributed by atoms with E-state index in [0.29, 0.717) is 10.8 Å². The lowest BCUT2D eigenvalue weighted by molar-refractivity contribution is -0.121. The molecule has 1 aliphatic rings. The molecular formula is C17H11F2N5O2S. The molecule has 1 aromatic heterocycles. The second-order valence-electron chi connectivity index (χ2n) is 5.69. The van der Waals surface area contributed by atoms with Gasteiger partial charge in [-0.25, -0.2) is 13.7 Å². The van der Waals surface area contributed by atoms with E-state index in [-0.39, 0.29) is 12.1 Å². The lowest BCUT2D eigenvalue weighted by Gasteiger charge is -2.15. The molecule has 1 aliphatic heterocycles. The number of imide groups is 1. The topological polar surface area (TPSA) is 81.0 Å². The third-order valence-corrected chi connectivity index (χ3v) is 5.07. The zero-order valence-electron chi connectivity index (χ0n) is 13.6. The van der Waals surface area contributed by atoms with E-state index in [0.717, 1.165) is 28.8 Å². The Morgan fingerprint density at radius 3 is 2.52 bits per heavy atom. The van der Waals surface area contributed by atoms with E-state index in [9.17, 15) is 18.4 Å². The first-order valence-electron chi connectivity index (χ1n) is 7.87. The average molecular weight is 387 g/mol. The van der Waals surface area contributed by atoms with Gasteiger partial charge in [0, 0.05) is 12.5 Å². The van der Waals surface area contributed by atoms with Crippen molar-refractivity contribution in [3.8, 4) is 5.69 Å². The van der Waals surface area contributed by atoms with E-state index >= 15 is 0 Å². The average Bonchev–Trinajstić information content (AvgIpc) is 3.23. The predicted molar refractivity (Wildman–Crippen MR) is 92.3 cm³/mol. The summed E-state index contributed by atoms with van der Waals surface area (Å²) in [6, 6.07) is 12.0. The van der Waals surface area contributed by atoms with Crippen LogP contribution in [0.5, 0.6) is 0 Å². The number of amides is 2. The van der Waals surface area contributed by atoms with Gasteiger partial charge in [0.25, 0.3) is 0 Å². The van der Waals surface area contributed by atoms with Crippen molar-refractivity contribution in [2.45, 2.75) is 16.8 Å². The highest BCUT2D eigenvalue weighted by atomic mass is 32.2. The fraction of sp³-hybridized carbons (Fsp3) is 0.118. The van der Waals surface area contributed by atoms with Crippen LogP contribution >= 0.6 is 11.8 Å². The van der Waals surface area contributed by atoms with E-state index < -0.39 is 28.7 Å². The molecule has 0 N–H and O–H groups in total. The quantitative estimate of drug-likeness (QED) is 0.640. The molecule has 0 aliphatic carbocycles. The number of hydrogen-bond donors (Lipinski definition) is 0. The fourth-order valence-electron chi connectivity index (χ4n) is 2.70. The summed E-state index contributed by atoms with van der Waals surface area (Å²) >= 11 is 1.04. The molecule has 136 valence electrons. The molecule has 2 amide bonds. The van der Waals surface area contributed by atoms with Crippen molar-refractivity contribution in [1.82, 2.24) is 20.2 Å². The predicted octanol–water partition coefficient (Wildman–Crippen LogP) is 2.36. The summed E-state index contributed by atoms with van der Waals surface area (Å²) in [4.78, 5) is 25.8. The van der Waals surface area contributed by atoms with E-state index in [1.165, 1.54) is 10.7 Å². The first kappa shape index (κ1) is 17.3. The highest BCUT2D eigenvalue weighted by molar-refractivity contribution is 8.00. The largest absolute Gasteiger partial charge is 0.274 e. The van der Waals surface area contributed by atoms with Crippen molar-refractivity contribution >= 4 is 29.3 Å². The fourth-order valence-corrected chi connectivity index (χ4v) is 3.71. The number of halogens is 2. The summed E-state index contributed by atoms with van der Waals surface area (Å²) in [6.45, 7) is 0. The summed E-state index contributed by atoms with van der Waals surface area (Å²) in [5, 5.41) is 11.0. The van der Waals surface area contributed by atoms with Gasteiger partial charge in [-0.2, -0.15) is 4.68 Å². The molecule has 3 aromatic rings. The van der Waals surface area contributed by atoms with E-state index in [2.05, 4.69) is 15.5 Å². The van der Waals surface area contributed by atoms with Crippen LogP contribution in [0.4, 0.5) is 14.5 Å². The molecule has 2 aromatic carbocycles. The van der Waals surface area contributed by atoms with Gasteiger partial charge in [-0.15, -0.1) is 5.10 Å². The first-order valence-corrected chi connectivity index (χ1v) is 8.75. The summed E-state index contributed by atoms with van der Waals surface area (Å²) in [5.41, 5.74) is 0.703. The zero-order chi connectivity index (χ0) is 19.0. The smallest absolute Gasteiger partial charge is 0.247 e. The minimum atomic E-state index is -1.13. The monoisotopic (exact) mass is 387 g/mol. The van der Waals surface area contributed by atoms with Gasteiger partial charge >= 0.3 is 0 Å². The summed E-state index contributed by atoms with van der Waals surface area (Å²) < 4.78 is 28.1. The van der Waals surface area contributed by atoms with Crippen molar-refractivity contribution in [2.75, 3.05) is 4.90 Å². The Morgan fingerprint density at radius 1 is 1.00 bits per heavy atom. The number of thioether (sulfide) groups is 1. The van der Waals surface area contributed by atoms with Gasteiger partial charge in [-0.05, 0) is 34.7 Å². The van der Waals surface area contributed by atoms with Crippen LogP contribution in [0.25, 0.3) is 5.69 Å². The molecule has 10 heteroatoms. The molecule has 27 heavy (non-hydrogen) atoms. The molecule has 1 saturated heterocycles. The summed E-state index contributed by atoms with van der Waals surface area (Å²) in [5.74, 6) is -3.20. The normalized spacial score (nSPS) is 17.0. The first-order chi connectivity index (χ1) is 13.0. The molecule has 0 spiro atoms. The van der Waals surface area contributed by atoms with E-state index in [1.54, 1.807) is 12.1 Å². The van der Waals surface area contributed by atoms with Gasteiger partial charge in [-0.3, -0.25) is 9.59 Å². The van der Waals surface area contributed by atoms with Crippen LogP contribution in [-0.2, 0) is 9.59 Å². The Morgan fingerprint density at radius 2 is 1.78 bits per heavy atom. The maximum Gasteiger partial charge on any atom is 0.247 e. The Bertz CT molecular complexity index is 1030. The Kier molecular flexibility index (Phi) is 4.40. The van der Waals surface area contributed by atoms with E-state index in [1.807, 2.05) is 18.2 Å². The van der Waals surface area contributed by atoms with Crippen molar-refractivity contribution in [2.24, 2.45) is 0 Å². The number of para-hydroxylation sites is 1. The van der Waals surface area contributed by atoms with Gasteiger partial charge in [0.2, 0.25) is 17.0 Å². The van der Waals surface area contributed by atoms with Crippen LogP contribution in [0.3, 0.4) is 0 Å². The lowest BCUT2D eigenvalue weighted by atomic mass is 10.3. The van der Waals surface area contributed by atoms with Crippen LogP contribution in [-0.4, -0.2) is 37.3 Å². The number of nitrogens with zero attached hydrogens (tertiary/aromatic N) is 5. The molecule has 4 rings (SSSR count). The van der Waals surface area contributed by atoms with Crippen molar-refractivity contribution in [3.05, 3.63) is 60.2 Å². The van der Waals surface area contributed by atoms with Gasteiger partial charge in [0.1, 0.15) is 5.25 Å². The molecule has 0 unspecified atom stereocenters. The molecule has 1 atom stereocenters. The number of hydrogen-bond acceptors (Lipinski definition) is 6. The van der Waals surface area contributed by atoms with E-state index in [4.69, 9.17) is 0 Å². The number of benzene rings is 2. The Balaban J connectivity index is 1.59. The third-order valence-electron chi connectivity index (χ3n) is 3.96. The van der Waals surface area contributed by atoms with Gasteiger partial charge in [-0.1, -0.05) is 30.0 Å². The van der Waals surface area contributed by atoms with Gasteiger partial charge in [0.15, 0.2) is 11.6 Å². The van der Waals surface area contributed by atoms with Crippen LogP contribution in [0.2, 0.25) is 0 Å². The summed E-state index contributed by atoms with van der Waals surface area (Å²) in [7, 11) is 0. The van der Waals surface area contributed by atoms with Gasteiger partial charge < -0.3 is 0 Å². The molecule has 7 nitrogen and oxygen atoms in total. The second kappa shape index (κ2) is 6.88. The number of carbonyl (C=O) groups is 2. The Labute approximate surface area is 156 Å². The maximum atomic E-state index is 13.5. The third kappa shape index (κ3) is 3.19. The molecule has 0 saturated carbocycles. The highest BCUT2D eigenvalue weighted by Crippen LogP contribution is 2.33. The number of aromatic nitrogens is 4. The van der Waals surface area contributed by atoms with Crippen molar-refractivity contribution in [3.63, 3.8) is 0 Å². The molecule has 1 fully saturated rings. The number of tetrazole rings is 1. The maximum absolute atomic E-state index is 13.5. The lowest BCUT2D eigenvalue weighted by Crippen LogP contribution is -2.31. The highest BCUT2D eigenvalue weighted by Gasteiger charge is 2.41. The number of rotatable bonds is 4. The van der Waals surface area contributed by atoms with Crippen molar-refractivity contribution < 1.29 is 18.4 Å². The summed E-state index contributed by atoms with van der Waals surface area (Å²) in [6.07, 6.45) is -0.0931. The minimum absolute atomic E-state index is 0.00495. The van der Waals surface area contributed by atoms with Crippen LogP contribution in [0.15, 0.2) is 53.7 Å². The molecule has 2 heterocycles. The zero-order valence-corrected chi connectivity index (χ0v) is 14.4. The van der Waals surface area contributed by atoms with Gasteiger partial charge in [0.05, 0.1) is 11.4 Å². The molecule has 0 radical (unpaired) electrons. The van der Waals surface area contributed by atoms with Crippen LogP contribution in [0, 0.1) is 11.6 Å². The Hall–Kier alpha value is -3.14. The SMILES string of the molecule is O=C1C[C@@H](Sc2nnnn2-c2ccccc2)C(=O)N1c1ccc(F)c(F)c1. The minimum Gasteiger partial charge on any atom is -0.274 e. The van der Waals surface area contributed by atoms with Crippen LogP contribution in [0.1, 0.15) is 6.42 Å². The molecular weight excluding hydrogens is 376 g/mol. The molecule has 0 bridgehead atoms. The number of carbonyl (C=O) groups excluding carboxylic acids is 2. The number of anilines is 1. The van der Waals surface area contributed by atoms with Crippen molar-refractivity contribution in [1.29, 1.82) is 0 Å². The standard InChI is InChI=1S/C17H11F2N5O2S/c18-12-7-6-11(8-13(12)19)23-15(25)9-14(16(23)26)27-17-20-21-22-24(17)10-4-2-1-3-5-10/h1-8,14H,9H2/t14-/m1/s1. The second-order valence-corrected chi connectivity index (χ2v) is 6.86. The van der Waals surface area contributed by atoms with Crippen LogP contribution < -0.4 is 4.90 Å².